The Kier molecular flexibility index (Phi) is 2.27. The zero-order chi connectivity index (χ0) is 10.1. The summed E-state index contributed by atoms with van der Waals surface area (Å²) in [7, 11) is 0. The highest BCUT2D eigenvalue weighted by Crippen LogP contribution is 2.21. The largest absolute Gasteiger partial charge is 0.387 e. The molecule has 0 aliphatic rings. The molecule has 0 amide bonds. The van der Waals surface area contributed by atoms with Gasteiger partial charge in [-0.15, -0.1) is 0 Å². The number of hydrogen-bond donors (Lipinski definition) is 2. The first-order valence-corrected chi connectivity index (χ1v) is 4.69. The molecular formula is C11H14N2O. The quantitative estimate of drug-likeness (QED) is 0.750. The molecule has 14 heavy (non-hydrogen) atoms. The fraction of sp³-hybridized carbons (Fsp3) is 0.273. The normalized spacial score (nSPS) is 15.6. The number of rotatable bonds is 2. The molecule has 0 aliphatic carbocycles. The van der Waals surface area contributed by atoms with Gasteiger partial charge in [0.05, 0.1) is 11.6 Å². The van der Waals surface area contributed by atoms with Crippen LogP contribution in [0.2, 0.25) is 0 Å². The van der Waals surface area contributed by atoms with Crippen molar-refractivity contribution in [1.82, 2.24) is 4.40 Å². The van der Waals surface area contributed by atoms with Gasteiger partial charge in [0.25, 0.3) is 0 Å². The van der Waals surface area contributed by atoms with Crippen molar-refractivity contribution in [3.05, 3.63) is 42.2 Å². The SMILES string of the molecule is CC(N)[C@@H](O)c1ccn2ccccc12. The van der Waals surface area contributed by atoms with Crippen LogP contribution in [0.15, 0.2) is 36.7 Å². The molecule has 0 radical (unpaired) electrons. The highest BCUT2D eigenvalue weighted by atomic mass is 16.3. The fourth-order valence-corrected chi connectivity index (χ4v) is 1.61. The molecule has 2 heterocycles. The van der Waals surface area contributed by atoms with Crippen molar-refractivity contribution in [3.8, 4) is 0 Å². The number of fused-ring (bicyclic) bond motifs is 1. The first-order valence-electron chi connectivity index (χ1n) is 4.69. The molecule has 74 valence electrons. The Morgan fingerprint density at radius 3 is 2.79 bits per heavy atom. The molecule has 1 unspecified atom stereocenters. The van der Waals surface area contributed by atoms with E-state index in [4.69, 9.17) is 5.73 Å². The van der Waals surface area contributed by atoms with Gasteiger partial charge in [0.15, 0.2) is 0 Å². The van der Waals surface area contributed by atoms with Crippen LogP contribution in [0.4, 0.5) is 0 Å². The van der Waals surface area contributed by atoms with Crippen molar-refractivity contribution < 1.29 is 5.11 Å². The number of hydrogen-bond acceptors (Lipinski definition) is 2. The highest BCUT2D eigenvalue weighted by molar-refractivity contribution is 5.56. The summed E-state index contributed by atoms with van der Waals surface area (Å²) in [6.45, 7) is 1.80. The van der Waals surface area contributed by atoms with Crippen LogP contribution in [0.25, 0.3) is 5.52 Å². The van der Waals surface area contributed by atoms with Crippen LogP contribution in [0.1, 0.15) is 18.6 Å². The number of aliphatic hydroxyl groups is 1. The lowest BCUT2D eigenvalue weighted by Gasteiger charge is -2.13. The minimum atomic E-state index is -0.595. The number of aliphatic hydroxyl groups excluding tert-OH is 1. The average Bonchev–Trinajstić information content (AvgIpc) is 2.60. The van der Waals surface area contributed by atoms with Crippen molar-refractivity contribution in [2.24, 2.45) is 5.73 Å². The van der Waals surface area contributed by atoms with Crippen LogP contribution in [-0.4, -0.2) is 15.5 Å². The maximum atomic E-state index is 9.85. The van der Waals surface area contributed by atoms with Gasteiger partial charge < -0.3 is 15.2 Å². The molecule has 2 rings (SSSR count). The minimum Gasteiger partial charge on any atom is -0.387 e. The summed E-state index contributed by atoms with van der Waals surface area (Å²) in [5.41, 5.74) is 7.56. The van der Waals surface area contributed by atoms with E-state index in [0.29, 0.717) is 0 Å². The van der Waals surface area contributed by atoms with E-state index in [2.05, 4.69) is 0 Å². The van der Waals surface area contributed by atoms with E-state index in [-0.39, 0.29) is 6.04 Å². The molecule has 0 spiro atoms. The average molecular weight is 190 g/mol. The van der Waals surface area contributed by atoms with Crippen LogP contribution in [-0.2, 0) is 0 Å². The number of nitrogens with two attached hydrogens (primary N) is 1. The summed E-state index contributed by atoms with van der Waals surface area (Å²) < 4.78 is 1.97. The van der Waals surface area contributed by atoms with Gasteiger partial charge in [-0.2, -0.15) is 0 Å². The summed E-state index contributed by atoms with van der Waals surface area (Å²) in [4.78, 5) is 0. The Morgan fingerprint density at radius 1 is 1.29 bits per heavy atom. The third-order valence-electron chi connectivity index (χ3n) is 2.42. The first-order chi connectivity index (χ1) is 6.70. The Balaban J connectivity index is 2.53. The summed E-state index contributed by atoms with van der Waals surface area (Å²) in [5.74, 6) is 0. The van der Waals surface area contributed by atoms with Crippen LogP contribution in [0.3, 0.4) is 0 Å². The van der Waals surface area contributed by atoms with E-state index < -0.39 is 6.10 Å². The van der Waals surface area contributed by atoms with E-state index in [1.54, 1.807) is 6.92 Å². The van der Waals surface area contributed by atoms with Crippen molar-refractivity contribution >= 4 is 5.52 Å². The summed E-state index contributed by atoms with van der Waals surface area (Å²) >= 11 is 0. The lowest BCUT2D eigenvalue weighted by molar-refractivity contribution is 0.155. The standard InChI is InChI=1S/C11H14N2O/c1-8(12)11(14)9-5-7-13-6-3-2-4-10(9)13/h2-8,11,14H,12H2,1H3/t8?,11-/m1/s1. The van der Waals surface area contributed by atoms with Crippen LogP contribution in [0, 0.1) is 0 Å². The molecule has 0 saturated carbocycles. The van der Waals surface area contributed by atoms with E-state index in [1.165, 1.54) is 0 Å². The number of pyridine rings is 1. The van der Waals surface area contributed by atoms with Gasteiger partial charge >= 0.3 is 0 Å². The maximum Gasteiger partial charge on any atom is 0.0958 e. The van der Waals surface area contributed by atoms with Crippen molar-refractivity contribution in [3.63, 3.8) is 0 Å². The Bertz CT molecular complexity index is 434. The van der Waals surface area contributed by atoms with E-state index in [0.717, 1.165) is 11.1 Å². The lowest BCUT2D eigenvalue weighted by atomic mass is 10.1. The second kappa shape index (κ2) is 3.44. The van der Waals surface area contributed by atoms with E-state index in [1.807, 2.05) is 41.1 Å². The predicted octanol–water partition coefficient (Wildman–Crippen LogP) is 1.32. The monoisotopic (exact) mass is 190 g/mol. The molecule has 2 atom stereocenters. The molecule has 2 aromatic rings. The molecule has 0 bridgehead atoms. The van der Waals surface area contributed by atoms with Crippen molar-refractivity contribution in [2.45, 2.75) is 19.1 Å². The van der Waals surface area contributed by atoms with Crippen molar-refractivity contribution in [2.75, 3.05) is 0 Å². The minimum absolute atomic E-state index is 0.249. The summed E-state index contributed by atoms with van der Waals surface area (Å²) in [6.07, 6.45) is 3.28. The van der Waals surface area contributed by atoms with Gasteiger partial charge in [0.2, 0.25) is 0 Å². The van der Waals surface area contributed by atoms with Gasteiger partial charge in [0.1, 0.15) is 0 Å². The van der Waals surface area contributed by atoms with E-state index >= 15 is 0 Å². The Hall–Kier alpha value is -1.32. The van der Waals surface area contributed by atoms with Crippen LogP contribution < -0.4 is 5.73 Å². The van der Waals surface area contributed by atoms with Gasteiger partial charge in [0, 0.05) is 24.0 Å². The highest BCUT2D eigenvalue weighted by Gasteiger charge is 2.15. The second-order valence-corrected chi connectivity index (χ2v) is 3.57. The zero-order valence-corrected chi connectivity index (χ0v) is 8.09. The first kappa shape index (κ1) is 9.24. The maximum absolute atomic E-state index is 9.85. The topological polar surface area (TPSA) is 50.7 Å². The molecule has 2 aromatic heterocycles. The lowest BCUT2D eigenvalue weighted by Crippen LogP contribution is -2.24. The predicted molar refractivity (Wildman–Crippen MR) is 56.0 cm³/mol. The van der Waals surface area contributed by atoms with Gasteiger partial charge in [-0.1, -0.05) is 6.07 Å². The van der Waals surface area contributed by atoms with Gasteiger partial charge in [-0.05, 0) is 25.1 Å². The van der Waals surface area contributed by atoms with Crippen LogP contribution in [0.5, 0.6) is 0 Å². The smallest absolute Gasteiger partial charge is 0.0958 e. The molecule has 3 heteroatoms. The molecule has 0 aromatic carbocycles. The third kappa shape index (κ3) is 1.41. The number of nitrogens with zero attached hydrogens (tertiary/aromatic N) is 1. The van der Waals surface area contributed by atoms with E-state index in [9.17, 15) is 5.11 Å². The summed E-state index contributed by atoms with van der Waals surface area (Å²) in [5, 5.41) is 9.85. The van der Waals surface area contributed by atoms with Gasteiger partial charge in [-0.25, -0.2) is 0 Å². The Labute approximate surface area is 82.8 Å². The number of aromatic nitrogens is 1. The van der Waals surface area contributed by atoms with Crippen molar-refractivity contribution in [1.29, 1.82) is 0 Å². The zero-order valence-electron chi connectivity index (χ0n) is 8.09. The molecule has 0 saturated heterocycles. The van der Waals surface area contributed by atoms with Gasteiger partial charge in [-0.3, -0.25) is 0 Å². The molecular weight excluding hydrogens is 176 g/mol. The fourth-order valence-electron chi connectivity index (χ4n) is 1.61. The third-order valence-corrected chi connectivity index (χ3v) is 2.42. The molecule has 0 aliphatic heterocycles. The molecule has 3 N–H and O–H groups in total. The molecule has 3 nitrogen and oxygen atoms in total. The summed E-state index contributed by atoms with van der Waals surface area (Å²) in [6, 6.07) is 7.54. The Morgan fingerprint density at radius 2 is 2.07 bits per heavy atom. The second-order valence-electron chi connectivity index (χ2n) is 3.57. The van der Waals surface area contributed by atoms with Crippen LogP contribution >= 0.6 is 0 Å². The molecule has 0 fully saturated rings.